The number of ether oxygens (including phenoxy) is 2. The Labute approximate surface area is 221 Å². The van der Waals surface area contributed by atoms with Crippen LogP contribution in [0.1, 0.15) is 36.8 Å². The summed E-state index contributed by atoms with van der Waals surface area (Å²) in [6.45, 7) is 1.68. The van der Waals surface area contributed by atoms with Crippen molar-refractivity contribution in [1.29, 1.82) is 5.41 Å². The SMILES string of the molecule is CN(CCNC(=O)[C@@H](N)CCCNC(=N)N)C(=O)Oc1ccc2c3c1O[C@H]1C(=O)CCC4[C@@H](C2)N(C)C[C@@]341. The average molecular weight is 528 g/mol. The lowest BCUT2D eigenvalue weighted by molar-refractivity contribution is -0.132. The predicted octanol–water partition coefficient (Wildman–Crippen LogP) is -0.328. The highest BCUT2D eigenvalue weighted by Crippen LogP contribution is 2.63. The maximum absolute atomic E-state index is 13.0. The van der Waals surface area contributed by atoms with Crippen LogP contribution in [0.4, 0.5) is 4.79 Å². The second-order valence-electron chi connectivity index (χ2n) is 10.9. The van der Waals surface area contributed by atoms with Crippen molar-refractivity contribution < 1.29 is 23.9 Å². The number of benzene rings is 1. The highest BCUT2D eigenvalue weighted by Gasteiger charge is 2.68. The fourth-order valence-corrected chi connectivity index (χ4v) is 6.85. The minimum Gasteiger partial charge on any atom is -0.477 e. The topological polar surface area (TPSA) is 176 Å². The van der Waals surface area contributed by atoms with Crippen molar-refractivity contribution in [2.45, 2.75) is 55.7 Å². The number of nitrogens with two attached hydrogens (primary N) is 2. The van der Waals surface area contributed by atoms with E-state index in [1.54, 1.807) is 13.1 Å². The summed E-state index contributed by atoms with van der Waals surface area (Å²) in [5.74, 6) is 0.905. The molecule has 38 heavy (non-hydrogen) atoms. The van der Waals surface area contributed by atoms with Gasteiger partial charge in [-0.15, -0.1) is 0 Å². The van der Waals surface area contributed by atoms with E-state index in [1.165, 1.54) is 10.5 Å². The molecule has 12 heteroatoms. The van der Waals surface area contributed by atoms with Crippen LogP contribution < -0.4 is 31.6 Å². The molecule has 1 spiro atoms. The van der Waals surface area contributed by atoms with Crippen LogP contribution in [0.2, 0.25) is 0 Å². The minimum atomic E-state index is -0.693. The third-order valence-electron chi connectivity index (χ3n) is 8.60. The minimum absolute atomic E-state index is 0.121. The third kappa shape index (κ3) is 4.35. The number of nitrogens with zero attached hydrogens (tertiary/aromatic N) is 2. The average Bonchev–Trinajstić information content (AvgIpc) is 3.33. The van der Waals surface area contributed by atoms with Crippen LogP contribution in [0.25, 0.3) is 0 Å². The lowest BCUT2D eigenvalue weighted by Gasteiger charge is -2.43. The summed E-state index contributed by atoms with van der Waals surface area (Å²) in [7, 11) is 3.71. The van der Waals surface area contributed by atoms with E-state index in [1.807, 2.05) is 6.07 Å². The molecular formula is C26H37N7O5. The molecule has 1 aromatic rings. The summed E-state index contributed by atoms with van der Waals surface area (Å²) < 4.78 is 12.1. The summed E-state index contributed by atoms with van der Waals surface area (Å²) in [5, 5.41) is 12.5. The second-order valence-corrected chi connectivity index (χ2v) is 10.9. The number of hydrogen-bond donors (Lipinski definition) is 5. The van der Waals surface area contributed by atoms with Gasteiger partial charge in [0.2, 0.25) is 5.91 Å². The van der Waals surface area contributed by atoms with E-state index in [4.69, 9.17) is 26.4 Å². The van der Waals surface area contributed by atoms with Gasteiger partial charge in [0, 0.05) is 51.3 Å². The first-order valence-electron chi connectivity index (χ1n) is 13.2. The Morgan fingerprint density at radius 3 is 2.89 bits per heavy atom. The normalized spacial score (nSPS) is 27.2. The number of amides is 2. The number of rotatable bonds is 9. The first kappa shape index (κ1) is 26.2. The fraction of sp³-hybridized carbons (Fsp3) is 0.615. The molecule has 5 rings (SSSR count). The quantitative estimate of drug-likeness (QED) is 0.164. The Bertz CT molecular complexity index is 1160. The van der Waals surface area contributed by atoms with Gasteiger partial charge in [-0.2, -0.15) is 0 Å². The summed E-state index contributed by atoms with van der Waals surface area (Å²) in [5.41, 5.74) is 13.0. The molecule has 2 heterocycles. The van der Waals surface area contributed by atoms with Gasteiger partial charge in [0.15, 0.2) is 29.3 Å². The Balaban J connectivity index is 1.19. The van der Waals surface area contributed by atoms with Crippen LogP contribution in [0, 0.1) is 11.3 Å². The van der Waals surface area contributed by atoms with Gasteiger partial charge in [0.05, 0.1) is 11.5 Å². The Hall–Kier alpha value is -3.38. The molecular weight excluding hydrogens is 490 g/mol. The maximum atomic E-state index is 13.0. The second kappa shape index (κ2) is 10.1. The number of Topliss-reactive ketones (excluding diaryl/α,β-unsaturated/α-hetero) is 1. The van der Waals surface area contributed by atoms with Crippen LogP contribution in [0.5, 0.6) is 11.5 Å². The van der Waals surface area contributed by atoms with Gasteiger partial charge in [-0.3, -0.25) is 15.0 Å². The van der Waals surface area contributed by atoms with Gasteiger partial charge in [-0.25, -0.2) is 4.79 Å². The van der Waals surface area contributed by atoms with Gasteiger partial charge in [-0.1, -0.05) is 6.07 Å². The predicted molar refractivity (Wildman–Crippen MR) is 139 cm³/mol. The molecule has 5 atom stereocenters. The van der Waals surface area contributed by atoms with Gasteiger partial charge < -0.3 is 41.4 Å². The molecule has 0 radical (unpaired) electrons. The third-order valence-corrected chi connectivity index (χ3v) is 8.60. The molecule has 12 nitrogen and oxygen atoms in total. The molecule has 2 bridgehead atoms. The van der Waals surface area contributed by atoms with Gasteiger partial charge in [0.1, 0.15) is 0 Å². The molecule has 2 fully saturated rings. The number of nitrogens with one attached hydrogen (secondary N) is 3. The number of likely N-dealkylation sites (N-methyl/N-ethyl adjacent to an activating group) is 2. The number of guanidine groups is 1. The lowest BCUT2D eigenvalue weighted by atomic mass is 9.57. The lowest BCUT2D eigenvalue weighted by Crippen LogP contribution is -2.55. The number of ketones is 1. The van der Waals surface area contributed by atoms with E-state index in [0.717, 1.165) is 24.9 Å². The zero-order valence-electron chi connectivity index (χ0n) is 21.9. The summed E-state index contributed by atoms with van der Waals surface area (Å²) in [6, 6.07) is 3.47. The molecule has 0 aromatic heterocycles. The number of likely N-dealkylation sites (tertiary alicyclic amines) is 1. The standard InChI is InChI=1S/C26H37N7O5/c1-32(11-10-30-23(35)16(27)4-3-9-31-24(28)29)25(36)37-19-8-5-14-12-17-15-6-7-18(34)22-26(15,13-33(17)2)20(14)21(19)38-22/h5,8,15-17,22H,3-4,6-7,9-13,27H2,1-2H3,(H,30,35)(H4,28,29,31)/t15?,16-,17+,22-,26-/m0/s1. The number of carbonyl (C=O) groups excluding carboxylic acids is 3. The summed E-state index contributed by atoms with van der Waals surface area (Å²) in [4.78, 5) is 41.8. The van der Waals surface area contributed by atoms with E-state index in [-0.39, 0.29) is 36.2 Å². The molecule has 2 aliphatic carbocycles. The smallest absolute Gasteiger partial charge is 0.415 e. The molecule has 1 saturated carbocycles. The van der Waals surface area contributed by atoms with Crippen molar-refractivity contribution in [3.63, 3.8) is 0 Å². The van der Waals surface area contributed by atoms with Gasteiger partial charge in [0.25, 0.3) is 0 Å². The van der Waals surface area contributed by atoms with E-state index in [9.17, 15) is 14.4 Å². The van der Waals surface area contributed by atoms with Crippen LogP contribution in [0.15, 0.2) is 12.1 Å². The zero-order valence-corrected chi connectivity index (χ0v) is 21.9. The van der Waals surface area contributed by atoms with Crippen molar-refractivity contribution >= 4 is 23.7 Å². The molecule has 2 amide bonds. The largest absolute Gasteiger partial charge is 0.477 e. The first-order chi connectivity index (χ1) is 18.1. The van der Waals surface area contributed by atoms with Crippen molar-refractivity contribution in [3.05, 3.63) is 23.3 Å². The maximum Gasteiger partial charge on any atom is 0.415 e. The molecule has 2 aliphatic heterocycles. The van der Waals surface area contributed by atoms with E-state index < -0.39 is 18.2 Å². The van der Waals surface area contributed by atoms with E-state index in [0.29, 0.717) is 49.3 Å². The Kier molecular flexibility index (Phi) is 6.95. The van der Waals surface area contributed by atoms with Crippen molar-refractivity contribution in [2.75, 3.05) is 40.3 Å². The van der Waals surface area contributed by atoms with Gasteiger partial charge >= 0.3 is 6.09 Å². The van der Waals surface area contributed by atoms with Crippen LogP contribution >= 0.6 is 0 Å². The van der Waals surface area contributed by atoms with Crippen molar-refractivity contribution in [1.82, 2.24) is 20.4 Å². The fourth-order valence-electron chi connectivity index (χ4n) is 6.85. The summed E-state index contributed by atoms with van der Waals surface area (Å²) in [6.07, 6.45) is 2.21. The molecule has 206 valence electrons. The number of carbonyl (C=O) groups is 3. The van der Waals surface area contributed by atoms with Crippen LogP contribution in [0.3, 0.4) is 0 Å². The highest BCUT2D eigenvalue weighted by atomic mass is 16.6. The molecule has 7 N–H and O–H groups in total. The van der Waals surface area contributed by atoms with Crippen LogP contribution in [-0.4, -0.2) is 92.0 Å². The van der Waals surface area contributed by atoms with E-state index in [2.05, 4.69) is 22.6 Å². The molecule has 1 unspecified atom stereocenters. The number of hydrogen-bond acceptors (Lipinski definition) is 8. The van der Waals surface area contributed by atoms with Crippen molar-refractivity contribution in [2.24, 2.45) is 17.4 Å². The highest BCUT2D eigenvalue weighted by molar-refractivity contribution is 5.89. The van der Waals surface area contributed by atoms with Crippen molar-refractivity contribution in [3.8, 4) is 11.5 Å². The van der Waals surface area contributed by atoms with Gasteiger partial charge in [-0.05, 0) is 50.3 Å². The van der Waals surface area contributed by atoms with E-state index >= 15 is 0 Å². The Morgan fingerprint density at radius 1 is 1.34 bits per heavy atom. The first-order valence-corrected chi connectivity index (χ1v) is 13.2. The monoisotopic (exact) mass is 527 g/mol. The van der Waals surface area contributed by atoms with Crippen LogP contribution in [-0.2, 0) is 21.4 Å². The summed E-state index contributed by atoms with van der Waals surface area (Å²) >= 11 is 0. The zero-order chi connectivity index (χ0) is 27.2. The molecule has 1 saturated heterocycles. The molecule has 1 aromatic carbocycles. The Morgan fingerprint density at radius 2 is 2.13 bits per heavy atom. The molecule has 4 aliphatic rings.